The van der Waals surface area contributed by atoms with E-state index in [1.54, 1.807) is 55.6 Å². The van der Waals surface area contributed by atoms with E-state index >= 15 is 0 Å². The van der Waals surface area contributed by atoms with Crippen LogP contribution in [0.1, 0.15) is 46.6 Å². The summed E-state index contributed by atoms with van der Waals surface area (Å²) < 4.78 is 58.2. The summed E-state index contributed by atoms with van der Waals surface area (Å²) in [4.78, 5) is 26.4. The van der Waals surface area contributed by atoms with Gasteiger partial charge < -0.3 is 10.1 Å². The first kappa shape index (κ1) is 25.4. The lowest BCUT2D eigenvalue weighted by molar-refractivity contribution is 0.0949. The molecule has 6 rings (SSSR count). The minimum Gasteiger partial charge on any atom is -0.375 e. The first-order valence-corrected chi connectivity index (χ1v) is 14.0. The minimum absolute atomic E-state index is 0.0918. The molecule has 1 aliphatic heterocycles. The molecule has 1 N–H and O–H groups in total. The van der Waals surface area contributed by atoms with E-state index in [0.717, 1.165) is 5.39 Å². The summed E-state index contributed by atoms with van der Waals surface area (Å²) in [6, 6.07) is 14.9. The zero-order chi connectivity index (χ0) is 27.4. The van der Waals surface area contributed by atoms with E-state index in [-0.39, 0.29) is 36.6 Å². The van der Waals surface area contributed by atoms with Crippen LogP contribution in [-0.4, -0.2) is 47.1 Å². The Morgan fingerprint density at radius 2 is 1.90 bits per heavy atom. The number of hydrogen-bond acceptors (Lipinski definition) is 7. The van der Waals surface area contributed by atoms with Crippen LogP contribution in [0.15, 0.2) is 65.7 Å². The lowest BCUT2D eigenvalue weighted by Gasteiger charge is -2.12. The molecule has 2 atom stereocenters. The summed E-state index contributed by atoms with van der Waals surface area (Å²) in [6.07, 6.45) is 1.45. The number of rotatable bonds is 5. The van der Waals surface area contributed by atoms with Gasteiger partial charge in [-0.05, 0) is 55.0 Å². The van der Waals surface area contributed by atoms with E-state index in [4.69, 9.17) is 4.74 Å². The van der Waals surface area contributed by atoms with Gasteiger partial charge >= 0.3 is 0 Å². The van der Waals surface area contributed by atoms with Gasteiger partial charge in [0.1, 0.15) is 0 Å². The zero-order valence-electron chi connectivity index (χ0n) is 20.9. The van der Waals surface area contributed by atoms with Crippen LogP contribution in [0.3, 0.4) is 0 Å². The maximum absolute atomic E-state index is 13.5. The Hall–Kier alpha value is -3.83. The molecule has 0 bridgehead atoms. The molecule has 11 heteroatoms. The van der Waals surface area contributed by atoms with Crippen molar-refractivity contribution in [2.45, 2.75) is 48.5 Å². The standard InChI is InChI=1S/C28H24F2N4O4S/c1-16-14-38-15-19-6-5-17(9-26(19)39(16,36)37)27(35)32-13-20-10-25-18(12-31-20)7-8-24(34-25)23-4-2-3-22(33-23)21-11-28(21,29)30/h2-10,12,16,21H,11,13-15H2,1H3,(H,32,35)/t16-,21-/m0/s1. The predicted octanol–water partition coefficient (Wildman–Crippen LogP) is 4.44. The molecule has 8 nitrogen and oxygen atoms in total. The Balaban J connectivity index is 1.20. The molecule has 0 saturated heterocycles. The maximum Gasteiger partial charge on any atom is 0.257 e. The van der Waals surface area contributed by atoms with Crippen molar-refractivity contribution in [2.75, 3.05) is 6.61 Å². The fourth-order valence-electron chi connectivity index (χ4n) is 4.61. The highest BCUT2D eigenvalue weighted by atomic mass is 32.2. The maximum atomic E-state index is 13.5. The number of hydrogen-bond donors (Lipinski definition) is 1. The van der Waals surface area contributed by atoms with Crippen molar-refractivity contribution in [2.24, 2.45) is 0 Å². The molecule has 200 valence electrons. The van der Waals surface area contributed by atoms with Gasteiger partial charge in [0.2, 0.25) is 0 Å². The second kappa shape index (κ2) is 9.42. The number of halogens is 2. The Bertz CT molecular complexity index is 1730. The Morgan fingerprint density at radius 3 is 2.69 bits per heavy atom. The number of ether oxygens (including phenoxy) is 1. The second-order valence-electron chi connectivity index (χ2n) is 9.91. The summed E-state index contributed by atoms with van der Waals surface area (Å²) >= 11 is 0. The number of amides is 1. The SMILES string of the molecule is C[C@H]1COCc2ccc(C(=O)NCc3cc4nc(-c5cccc([C@@H]6CC6(F)F)n5)ccc4cn3)cc2S1(=O)=O. The fraction of sp³-hybridized carbons (Fsp3) is 0.286. The number of nitrogens with zero attached hydrogens (tertiary/aromatic N) is 3. The topological polar surface area (TPSA) is 111 Å². The molecule has 1 saturated carbocycles. The smallest absolute Gasteiger partial charge is 0.257 e. The van der Waals surface area contributed by atoms with E-state index in [9.17, 15) is 22.0 Å². The number of carbonyl (C=O) groups is 1. The van der Waals surface area contributed by atoms with Gasteiger partial charge in [-0.3, -0.25) is 14.8 Å². The van der Waals surface area contributed by atoms with Crippen molar-refractivity contribution in [1.82, 2.24) is 20.3 Å². The first-order valence-electron chi connectivity index (χ1n) is 12.5. The molecule has 4 aromatic rings. The third kappa shape index (κ3) is 4.87. The van der Waals surface area contributed by atoms with Crippen LogP contribution >= 0.6 is 0 Å². The highest BCUT2D eigenvalue weighted by Gasteiger charge is 2.58. The van der Waals surface area contributed by atoms with Gasteiger partial charge in [-0.15, -0.1) is 0 Å². The average Bonchev–Trinajstić information content (AvgIpc) is 3.60. The second-order valence-corrected chi connectivity index (χ2v) is 12.2. The van der Waals surface area contributed by atoms with Gasteiger partial charge in [-0.2, -0.15) is 0 Å². The molecule has 1 amide bonds. The van der Waals surface area contributed by atoms with E-state index in [1.165, 1.54) is 6.07 Å². The molecule has 0 radical (unpaired) electrons. The molecule has 0 spiro atoms. The molecule has 39 heavy (non-hydrogen) atoms. The lowest BCUT2D eigenvalue weighted by atomic mass is 10.1. The van der Waals surface area contributed by atoms with Crippen molar-refractivity contribution < 1.29 is 26.7 Å². The molecular weight excluding hydrogens is 526 g/mol. The highest BCUT2D eigenvalue weighted by Crippen LogP contribution is 2.55. The van der Waals surface area contributed by atoms with Crippen LogP contribution in [0, 0.1) is 0 Å². The van der Waals surface area contributed by atoms with Crippen LogP contribution in [-0.2, 0) is 27.7 Å². The summed E-state index contributed by atoms with van der Waals surface area (Å²) in [5.41, 5.74) is 3.30. The van der Waals surface area contributed by atoms with Gasteiger partial charge in [0, 0.05) is 23.6 Å². The van der Waals surface area contributed by atoms with Crippen LogP contribution in [0.2, 0.25) is 0 Å². The van der Waals surface area contributed by atoms with E-state index in [0.29, 0.717) is 33.9 Å². The van der Waals surface area contributed by atoms with Gasteiger partial charge in [-0.25, -0.2) is 22.2 Å². The summed E-state index contributed by atoms with van der Waals surface area (Å²) in [5.74, 6) is -3.99. The molecule has 2 aliphatic rings. The fourth-order valence-corrected chi connectivity index (χ4v) is 6.11. The minimum atomic E-state index is -3.61. The molecule has 1 aliphatic carbocycles. The molecule has 1 aromatic carbocycles. The number of carbonyl (C=O) groups excluding carboxylic acids is 1. The summed E-state index contributed by atoms with van der Waals surface area (Å²) in [6.45, 7) is 1.94. The number of fused-ring (bicyclic) bond motifs is 2. The van der Waals surface area contributed by atoms with Crippen LogP contribution in [0.25, 0.3) is 22.3 Å². The van der Waals surface area contributed by atoms with Gasteiger partial charge in [-0.1, -0.05) is 12.1 Å². The van der Waals surface area contributed by atoms with Crippen molar-refractivity contribution in [3.05, 3.63) is 83.3 Å². The van der Waals surface area contributed by atoms with Gasteiger partial charge in [0.25, 0.3) is 11.8 Å². The lowest BCUT2D eigenvalue weighted by Crippen LogP contribution is -2.24. The van der Waals surface area contributed by atoms with Crippen molar-refractivity contribution in [3.8, 4) is 11.4 Å². The monoisotopic (exact) mass is 550 g/mol. The molecule has 0 unspecified atom stereocenters. The number of aromatic nitrogens is 3. The molecule has 1 fully saturated rings. The van der Waals surface area contributed by atoms with E-state index < -0.39 is 32.8 Å². The number of pyridine rings is 3. The third-order valence-corrected chi connectivity index (χ3v) is 9.24. The van der Waals surface area contributed by atoms with Crippen molar-refractivity contribution in [3.63, 3.8) is 0 Å². The normalized spacial score (nSPS) is 21.1. The van der Waals surface area contributed by atoms with Crippen molar-refractivity contribution in [1.29, 1.82) is 0 Å². The number of nitrogens with one attached hydrogen (secondary N) is 1. The Labute approximate surface area is 223 Å². The van der Waals surface area contributed by atoms with Gasteiger partial charge in [0.15, 0.2) is 9.84 Å². The predicted molar refractivity (Wildman–Crippen MR) is 139 cm³/mol. The third-order valence-electron chi connectivity index (χ3n) is 7.05. The molecule has 4 heterocycles. The zero-order valence-corrected chi connectivity index (χ0v) is 21.7. The Morgan fingerprint density at radius 1 is 1.10 bits per heavy atom. The number of sulfone groups is 1. The van der Waals surface area contributed by atoms with Crippen LogP contribution in [0.5, 0.6) is 0 Å². The quantitative estimate of drug-likeness (QED) is 0.391. The van der Waals surface area contributed by atoms with Crippen molar-refractivity contribution >= 4 is 26.6 Å². The largest absolute Gasteiger partial charge is 0.375 e. The molecular formula is C28H24F2N4O4S. The molecule has 3 aromatic heterocycles. The van der Waals surface area contributed by atoms with Crippen LogP contribution in [0.4, 0.5) is 8.78 Å². The number of alkyl halides is 2. The Kier molecular flexibility index (Phi) is 6.15. The van der Waals surface area contributed by atoms with E-state index in [2.05, 4.69) is 20.3 Å². The van der Waals surface area contributed by atoms with E-state index in [1.807, 2.05) is 6.07 Å². The first-order chi connectivity index (χ1) is 18.6. The van der Waals surface area contributed by atoms with Crippen LogP contribution < -0.4 is 5.32 Å². The number of benzene rings is 1. The van der Waals surface area contributed by atoms with Gasteiger partial charge in [0.05, 0.1) is 64.1 Å². The summed E-state index contributed by atoms with van der Waals surface area (Å²) in [7, 11) is -3.61. The summed E-state index contributed by atoms with van der Waals surface area (Å²) in [5, 5.41) is 2.85. The average molecular weight is 551 g/mol. The highest BCUT2D eigenvalue weighted by molar-refractivity contribution is 7.92.